The van der Waals surface area contributed by atoms with E-state index in [0.717, 1.165) is 12.1 Å². The molecule has 0 unspecified atom stereocenters. The molecule has 112 valence electrons. The van der Waals surface area contributed by atoms with Crippen LogP contribution in [0, 0.1) is 5.41 Å². The van der Waals surface area contributed by atoms with E-state index in [4.69, 9.17) is 10.5 Å². The molecule has 1 aromatic carbocycles. The van der Waals surface area contributed by atoms with Gasteiger partial charge < -0.3 is 16.6 Å². The average molecular weight is 312 g/mol. The first-order valence-corrected chi connectivity index (χ1v) is 4.81. The standard InChI is InChI=1S/C10H7F3O2.CH5N3.ClH/c11-10(12,13)8-4-2-1-3-7(8)5-6-9(14)15;2-1(3)4;/h1-6H,(H,14,15);(H5,2,3,4);1H/b6-5+;;. The number of carboxylic acids is 1. The van der Waals surface area contributed by atoms with Crippen LogP contribution in [0.25, 0.3) is 6.08 Å². The lowest BCUT2D eigenvalue weighted by Gasteiger charge is -2.09. The van der Waals surface area contributed by atoms with Crippen LogP contribution in [0.2, 0.25) is 0 Å². The molecule has 0 aliphatic heterocycles. The van der Waals surface area contributed by atoms with E-state index in [2.05, 4.69) is 11.5 Å². The summed E-state index contributed by atoms with van der Waals surface area (Å²) in [5.41, 5.74) is 7.94. The lowest BCUT2D eigenvalue weighted by molar-refractivity contribution is -0.138. The van der Waals surface area contributed by atoms with Gasteiger partial charge in [0.2, 0.25) is 0 Å². The smallest absolute Gasteiger partial charge is 0.416 e. The van der Waals surface area contributed by atoms with Crippen molar-refractivity contribution in [3.63, 3.8) is 0 Å². The van der Waals surface area contributed by atoms with Crippen molar-refractivity contribution in [2.45, 2.75) is 6.18 Å². The van der Waals surface area contributed by atoms with Crippen LogP contribution in [-0.2, 0) is 11.0 Å². The van der Waals surface area contributed by atoms with E-state index in [1.165, 1.54) is 18.2 Å². The molecule has 0 aliphatic carbocycles. The molecule has 0 aromatic heterocycles. The van der Waals surface area contributed by atoms with Gasteiger partial charge in [0.05, 0.1) is 5.56 Å². The number of hydrogen-bond acceptors (Lipinski definition) is 2. The Kier molecular flexibility index (Phi) is 8.85. The first-order valence-electron chi connectivity index (χ1n) is 4.81. The van der Waals surface area contributed by atoms with Crippen molar-refractivity contribution in [3.8, 4) is 0 Å². The van der Waals surface area contributed by atoms with Crippen molar-refractivity contribution in [1.82, 2.24) is 0 Å². The minimum atomic E-state index is -4.47. The number of halogens is 4. The fourth-order valence-electron chi connectivity index (χ4n) is 1.06. The van der Waals surface area contributed by atoms with E-state index < -0.39 is 17.7 Å². The van der Waals surface area contributed by atoms with Gasteiger partial charge in [0.1, 0.15) is 0 Å². The zero-order valence-electron chi connectivity index (χ0n) is 10.0. The molecule has 0 saturated carbocycles. The van der Waals surface area contributed by atoms with E-state index in [0.29, 0.717) is 6.08 Å². The summed E-state index contributed by atoms with van der Waals surface area (Å²) in [5.74, 6) is -1.62. The highest BCUT2D eigenvalue weighted by molar-refractivity contribution is 5.85. The summed E-state index contributed by atoms with van der Waals surface area (Å²) in [6, 6.07) is 4.78. The van der Waals surface area contributed by atoms with Gasteiger partial charge >= 0.3 is 12.1 Å². The van der Waals surface area contributed by atoms with Crippen molar-refractivity contribution < 1.29 is 23.1 Å². The SMILES string of the molecule is Cl.N=C(N)N.O=C(O)/C=C/c1ccccc1C(F)(F)F. The van der Waals surface area contributed by atoms with Gasteiger partial charge in [-0.3, -0.25) is 5.41 Å². The Morgan fingerprint density at radius 2 is 1.70 bits per heavy atom. The molecule has 1 aromatic rings. The third-order valence-corrected chi connectivity index (χ3v) is 1.67. The number of benzene rings is 1. The van der Waals surface area contributed by atoms with Crippen molar-refractivity contribution in [2.24, 2.45) is 11.5 Å². The van der Waals surface area contributed by atoms with Gasteiger partial charge in [-0.1, -0.05) is 18.2 Å². The monoisotopic (exact) mass is 311 g/mol. The second kappa shape index (κ2) is 8.81. The largest absolute Gasteiger partial charge is 0.478 e. The molecule has 5 nitrogen and oxygen atoms in total. The highest BCUT2D eigenvalue weighted by atomic mass is 35.5. The topological polar surface area (TPSA) is 113 Å². The normalized spacial score (nSPS) is 10.2. The molecule has 0 amide bonds. The van der Waals surface area contributed by atoms with Gasteiger partial charge in [-0.05, 0) is 17.7 Å². The first kappa shape index (κ1) is 20.1. The molecular weight excluding hydrogens is 299 g/mol. The summed E-state index contributed by atoms with van der Waals surface area (Å²) in [7, 11) is 0. The quantitative estimate of drug-likeness (QED) is 0.380. The Bertz CT molecular complexity index is 486. The molecule has 9 heteroatoms. The molecule has 0 atom stereocenters. The van der Waals surface area contributed by atoms with Crippen LogP contribution >= 0.6 is 12.4 Å². The number of hydrogen-bond donors (Lipinski definition) is 4. The fourth-order valence-corrected chi connectivity index (χ4v) is 1.06. The predicted molar refractivity (Wildman–Crippen MR) is 71.5 cm³/mol. The van der Waals surface area contributed by atoms with E-state index in [-0.39, 0.29) is 23.9 Å². The first-order chi connectivity index (χ1) is 8.64. The molecule has 0 fully saturated rings. The number of carbonyl (C=O) groups is 1. The summed E-state index contributed by atoms with van der Waals surface area (Å²) in [4.78, 5) is 10.2. The van der Waals surface area contributed by atoms with E-state index in [1.54, 1.807) is 0 Å². The van der Waals surface area contributed by atoms with E-state index >= 15 is 0 Å². The molecule has 1 rings (SSSR count). The molecular formula is C11H13ClF3N3O2. The van der Waals surface area contributed by atoms with Gasteiger partial charge in [-0.15, -0.1) is 12.4 Å². The maximum Gasteiger partial charge on any atom is 0.416 e. The van der Waals surface area contributed by atoms with Crippen LogP contribution in [0.5, 0.6) is 0 Å². The van der Waals surface area contributed by atoms with Crippen molar-refractivity contribution in [3.05, 3.63) is 41.5 Å². The van der Waals surface area contributed by atoms with E-state index in [9.17, 15) is 18.0 Å². The minimum Gasteiger partial charge on any atom is -0.478 e. The summed E-state index contributed by atoms with van der Waals surface area (Å²) in [6.07, 6.45) is -2.88. The average Bonchev–Trinajstić information content (AvgIpc) is 2.24. The third-order valence-electron chi connectivity index (χ3n) is 1.67. The Morgan fingerprint density at radius 1 is 1.25 bits per heavy atom. The van der Waals surface area contributed by atoms with Crippen LogP contribution in [0.15, 0.2) is 30.3 Å². The zero-order valence-corrected chi connectivity index (χ0v) is 10.8. The minimum absolute atomic E-state index is 0. The summed E-state index contributed by atoms with van der Waals surface area (Å²) in [6.45, 7) is 0. The molecule has 20 heavy (non-hydrogen) atoms. The number of rotatable bonds is 2. The van der Waals surface area contributed by atoms with Gasteiger partial charge in [0.15, 0.2) is 5.96 Å². The van der Waals surface area contributed by atoms with Crippen LogP contribution in [0.4, 0.5) is 13.2 Å². The Morgan fingerprint density at radius 3 is 2.10 bits per heavy atom. The Balaban J connectivity index is 0. The van der Waals surface area contributed by atoms with Crippen LogP contribution < -0.4 is 11.5 Å². The fraction of sp³-hybridized carbons (Fsp3) is 0.0909. The van der Waals surface area contributed by atoms with Crippen molar-refractivity contribution in [2.75, 3.05) is 0 Å². The molecule has 0 radical (unpaired) electrons. The zero-order chi connectivity index (χ0) is 15.1. The van der Waals surface area contributed by atoms with Crippen molar-refractivity contribution in [1.29, 1.82) is 5.41 Å². The molecule has 0 saturated heterocycles. The predicted octanol–water partition coefficient (Wildman–Crippen LogP) is 2.06. The number of alkyl halides is 3. The number of carboxylic acid groups (broad SMARTS) is 1. The van der Waals surface area contributed by atoms with E-state index in [1.807, 2.05) is 0 Å². The lowest BCUT2D eigenvalue weighted by Crippen LogP contribution is -2.20. The second-order valence-electron chi connectivity index (χ2n) is 3.21. The summed E-state index contributed by atoms with van der Waals surface area (Å²) in [5, 5.41) is 14.4. The number of aliphatic carboxylic acids is 1. The number of nitrogens with one attached hydrogen (secondary N) is 1. The molecule has 0 bridgehead atoms. The van der Waals surface area contributed by atoms with Gasteiger partial charge in [0.25, 0.3) is 0 Å². The molecule has 0 aliphatic rings. The lowest BCUT2D eigenvalue weighted by atomic mass is 10.1. The van der Waals surface area contributed by atoms with Crippen LogP contribution in [0.1, 0.15) is 11.1 Å². The Hall–Kier alpha value is -2.22. The van der Waals surface area contributed by atoms with Gasteiger partial charge in [-0.2, -0.15) is 13.2 Å². The molecule has 0 spiro atoms. The second-order valence-corrected chi connectivity index (χ2v) is 3.21. The third kappa shape index (κ3) is 8.81. The maximum absolute atomic E-state index is 12.4. The molecule has 6 N–H and O–H groups in total. The highest BCUT2D eigenvalue weighted by Gasteiger charge is 2.32. The van der Waals surface area contributed by atoms with Crippen LogP contribution in [-0.4, -0.2) is 17.0 Å². The van der Waals surface area contributed by atoms with Crippen molar-refractivity contribution >= 4 is 30.4 Å². The Labute approximate surface area is 119 Å². The summed E-state index contributed by atoms with van der Waals surface area (Å²) < 4.78 is 37.2. The van der Waals surface area contributed by atoms with Gasteiger partial charge in [0, 0.05) is 6.08 Å². The summed E-state index contributed by atoms with van der Waals surface area (Å²) >= 11 is 0. The number of nitrogens with two attached hydrogens (primary N) is 2. The van der Waals surface area contributed by atoms with Crippen LogP contribution in [0.3, 0.4) is 0 Å². The maximum atomic E-state index is 12.4. The molecule has 0 heterocycles. The highest BCUT2D eigenvalue weighted by Crippen LogP contribution is 2.32. The van der Waals surface area contributed by atoms with Gasteiger partial charge in [-0.25, -0.2) is 4.79 Å². The number of guanidine groups is 1.